The van der Waals surface area contributed by atoms with Crippen molar-refractivity contribution in [2.75, 3.05) is 6.61 Å². The SMILES string of the molecule is O=C(/C=C/c1ccc2c(c1)CCC2NC(CO)c1ccccc1)NO. The number of rotatable bonds is 6. The molecule has 0 heterocycles. The molecular formula is C20H22N2O3. The lowest BCUT2D eigenvalue weighted by molar-refractivity contribution is -0.124. The molecule has 1 aliphatic carbocycles. The molecule has 1 amide bonds. The molecule has 130 valence electrons. The molecule has 0 fully saturated rings. The molecule has 0 spiro atoms. The molecule has 0 bridgehead atoms. The van der Waals surface area contributed by atoms with Crippen molar-refractivity contribution in [3.8, 4) is 0 Å². The summed E-state index contributed by atoms with van der Waals surface area (Å²) in [4.78, 5) is 11.1. The van der Waals surface area contributed by atoms with Crippen LogP contribution in [0.2, 0.25) is 0 Å². The molecular weight excluding hydrogens is 316 g/mol. The van der Waals surface area contributed by atoms with Crippen LogP contribution in [-0.2, 0) is 11.2 Å². The smallest absolute Gasteiger partial charge is 0.267 e. The van der Waals surface area contributed by atoms with Gasteiger partial charge in [-0.15, -0.1) is 0 Å². The Morgan fingerprint density at radius 2 is 2.04 bits per heavy atom. The van der Waals surface area contributed by atoms with E-state index in [2.05, 4.69) is 17.4 Å². The second-order valence-electron chi connectivity index (χ2n) is 6.17. The van der Waals surface area contributed by atoms with Crippen LogP contribution >= 0.6 is 0 Å². The van der Waals surface area contributed by atoms with Gasteiger partial charge in [0.1, 0.15) is 0 Å². The molecule has 2 aromatic rings. The van der Waals surface area contributed by atoms with Crippen LogP contribution in [0, 0.1) is 0 Å². The minimum absolute atomic E-state index is 0.0486. The average molecular weight is 338 g/mol. The summed E-state index contributed by atoms with van der Waals surface area (Å²) in [7, 11) is 0. The van der Waals surface area contributed by atoms with Crippen molar-refractivity contribution in [1.29, 1.82) is 0 Å². The summed E-state index contributed by atoms with van der Waals surface area (Å²) in [6, 6.07) is 16.1. The Bertz CT molecular complexity index is 759. The van der Waals surface area contributed by atoms with Gasteiger partial charge >= 0.3 is 0 Å². The van der Waals surface area contributed by atoms with E-state index in [4.69, 9.17) is 5.21 Å². The van der Waals surface area contributed by atoms with Gasteiger partial charge in [-0.3, -0.25) is 10.0 Å². The molecule has 1 aliphatic rings. The van der Waals surface area contributed by atoms with Gasteiger partial charge in [0.15, 0.2) is 0 Å². The third-order valence-electron chi connectivity index (χ3n) is 4.57. The summed E-state index contributed by atoms with van der Waals surface area (Å²) in [6.07, 6.45) is 4.90. The zero-order valence-corrected chi connectivity index (χ0v) is 13.9. The maximum atomic E-state index is 11.1. The van der Waals surface area contributed by atoms with E-state index in [-0.39, 0.29) is 18.7 Å². The largest absolute Gasteiger partial charge is 0.394 e. The number of fused-ring (bicyclic) bond motifs is 1. The predicted octanol–water partition coefficient (Wildman–Crippen LogP) is 2.52. The van der Waals surface area contributed by atoms with E-state index in [0.717, 1.165) is 24.0 Å². The number of carbonyl (C=O) groups is 1. The second kappa shape index (κ2) is 8.07. The van der Waals surface area contributed by atoms with E-state index in [0.29, 0.717) is 0 Å². The van der Waals surface area contributed by atoms with Crippen LogP contribution in [0.4, 0.5) is 0 Å². The summed E-state index contributed by atoms with van der Waals surface area (Å²) in [5.74, 6) is -0.548. The van der Waals surface area contributed by atoms with Crippen LogP contribution in [0.1, 0.15) is 40.8 Å². The number of carbonyl (C=O) groups excluding carboxylic acids is 1. The molecule has 3 rings (SSSR count). The second-order valence-corrected chi connectivity index (χ2v) is 6.17. The van der Waals surface area contributed by atoms with Crippen molar-refractivity contribution in [2.45, 2.75) is 24.9 Å². The lowest BCUT2D eigenvalue weighted by atomic mass is 10.0. The van der Waals surface area contributed by atoms with Crippen molar-refractivity contribution in [3.05, 3.63) is 76.9 Å². The Morgan fingerprint density at radius 1 is 1.24 bits per heavy atom. The Kier molecular flexibility index (Phi) is 5.60. The van der Waals surface area contributed by atoms with Gasteiger partial charge in [0, 0.05) is 12.1 Å². The Balaban J connectivity index is 1.73. The van der Waals surface area contributed by atoms with E-state index < -0.39 is 5.91 Å². The maximum Gasteiger partial charge on any atom is 0.267 e. The lowest BCUT2D eigenvalue weighted by Crippen LogP contribution is -2.27. The van der Waals surface area contributed by atoms with Gasteiger partial charge in [-0.25, -0.2) is 5.48 Å². The molecule has 0 saturated heterocycles. The fraction of sp³-hybridized carbons (Fsp3) is 0.250. The number of hydroxylamine groups is 1. The molecule has 0 saturated carbocycles. The fourth-order valence-electron chi connectivity index (χ4n) is 3.31. The molecule has 0 aromatic heterocycles. The van der Waals surface area contributed by atoms with Crippen LogP contribution in [0.5, 0.6) is 0 Å². The summed E-state index contributed by atoms with van der Waals surface area (Å²) < 4.78 is 0. The van der Waals surface area contributed by atoms with Gasteiger partial charge in [0.05, 0.1) is 12.6 Å². The number of benzene rings is 2. The fourth-order valence-corrected chi connectivity index (χ4v) is 3.31. The molecule has 2 atom stereocenters. The highest BCUT2D eigenvalue weighted by atomic mass is 16.5. The van der Waals surface area contributed by atoms with Crippen molar-refractivity contribution in [1.82, 2.24) is 10.8 Å². The van der Waals surface area contributed by atoms with E-state index >= 15 is 0 Å². The van der Waals surface area contributed by atoms with Gasteiger partial charge in [-0.05, 0) is 41.2 Å². The first kappa shape index (κ1) is 17.4. The van der Waals surface area contributed by atoms with E-state index in [9.17, 15) is 9.90 Å². The summed E-state index contributed by atoms with van der Waals surface area (Å²) in [6.45, 7) is 0.0486. The number of hydrogen-bond acceptors (Lipinski definition) is 4. The number of hydrogen-bond donors (Lipinski definition) is 4. The van der Waals surface area contributed by atoms with Crippen LogP contribution in [-0.4, -0.2) is 22.8 Å². The highest BCUT2D eigenvalue weighted by molar-refractivity contribution is 5.90. The molecule has 0 radical (unpaired) electrons. The van der Waals surface area contributed by atoms with Gasteiger partial charge in [0.25, 0.3) is 5.91 Å². The first-order valence-electron chi connectivity index (χ1n) is 8.38. The summed E-state index contributed by atoms with van der Waals surface area (Å²) >= 11 is 0. The molecule has 5 nitrogen and oxygen atoms in total. The van der Waals surface area contributed by atoms with Crippen LogP contribution < -0.4 is 10.8 Å². The topological polar surface area (TPSA) is 81.6 Å². The Hall–Kier alpha value is -2.47. The van der Waals surface area contributed by atoms with Crippen molar-refractivity contribution in [2.24, 2.45) is 0 Å². The number of nitrogens with one attached hydrogen (secondary N) is 2. The third kappa shape index (κ3) is 4.14. The Morgan fingerprint density at radius 3 is 2.76 bits per heavy atom. The minimum atomic E-state index is -0.548. The highest BCUT2D eigenvalue weighted by Crippen LogP contribution is 2.33. The Labute approximate surface area is 147 Å². The van der Waals surface area contributed by atoms with Gasteiger partial charge in [-0.2, -0.15) is 0 Å². The van der Waals surface area contributed by atoms with E-state index in [1.807, 2.05) is 36.4 Å². The molecule has 2 unspecified atom stereocenters. The average Bonchev–Trinajstić information content (AvgIpc) is 3.06. The first-order valence-corrected chi connectivity index (χ1v) is 8.38. The van der Waals surface area contributed by atoms with Gasteiger partial charge in [-0.1, -0.05) is 48.5 Å². The van der Waals surface area contributed by atoms with Gasteiger partial charge in [0.2, 0.25) is 0 Å². The standard InChI is InChI=1S/C20H22N2O3/c23-13-19(15-4-2-1-3-5-15)21-18-10-8-16-12-14(6-9-17(16)18)7-11-20(24)22-25/h1-7,9,11-12,18-19,21,23,25H,8,10,13H2,(H,22,24)/b11-7+. The number of aliphatic hydroxyl groups excluding tert-OH is 1. The molecule has 0 aliphatic heterocycles. The summed E-state index contributed by atoms with van der Waals surface area (Å²) in [5, 5.41) is 21.8. The van der Waals surface area contributed by atoms with Crippen molar-refractivity contribution in [3.63, 3.8) is 0 Å². The third-order valence-corrected chi connectivity index (χ3v) is 4.57. The van der Waals surface area contributed by atoms with Gasteiger partial charge < -0.3 is 10.4 Å². The quantitative estimate of drug-likeness (QED) is 0.371. The lowest BCUT2D eigenvalue weighted by Gasteiger charge is -2.22. The highest BCUT2D eigenvalue weighted by Gasteiger charge is 2.25. The molecule has 2 aromatic carbocycles. The van der Waals surface area contributed by atoms with Crippen LogP contribution in [0.25, 0.3) is 6.08 Å². The first-order chi connectivity index (χ1) is 12.2. The van der Waals surface area contributed by atoms with Crippen molar-refractivity contribution >= 4 is 12.0 Å². The number of aliphatic hydroxyl groups is 1. The number of amides is 1. The number of aryl methyl sites for hydroxylation is 1. The monoisotopic (exact) mass is 338 g/mol. The molecule has 25 heavy (non-hydrogen) atoms. The minimum Gasteiger partial charge on any atom is -0.394 e. The van der Waals surface area contributed by atoms with E-state index in [1.165, 1.54) is 17.2 Å². The zero-order chi connectivity index (χ0) is 17.6. The van der Waals surface area contributed by atoms with Crippen LogP contribution in [0.15, 0.2) is 54.6 Å². The maximum absolute atomic E-state index is 11.1. The van der Waals surface area contributed by atoms with Crippen molar-refractivity contribution < 1.29 is 15.1 Å². The van der Waals surface area contributed by atoms with E-state index in [1.54, 1.807) is 11.6 Å². The molecule has 5 heteroatoms. The summed E-state index contributed by atoms with van der Waals surface area (Å²) in [5.41, 5.74) is 6.06. The normalized spacial score (nSPS) is 17.4. The predicted molar refractivity (Wildman–Crippen MR) is 95.9 cm³/mol. The molecule has 4 N–H and O–H groups in total. The zero-order valence-electron chi connectivity index (χ0n) is 13.9. The van der Waals surface area contributed by atoms with Crippen LogP contribution in [0.3, 0.4) is 0 Å².